The molecule has 1 fully saturated rings. The van der Waals surface area contributed by atoms with Crippen molar-refractivity contribution in [2.75, 3.05) is 39.3 Å². The van der Waals surface area contributed by atoms with Gasteiger partial charge in [0.1, 0.15) is 0 Å². The molecule has 0 aromatic carbocycles. The Labute approximate surface area is 118 Å². The molecule has 0 bridgehead atoms. The summed E-state index contributed by atoms with van der Waals surface area (Å²) < 4.78 is 5.30. The molecule has 0 atom stereocenters. The van der Waals surface area contributed by atoms with E-state index in [4.69, 9.17) is 4.74 Å². The fourth-order valence-corrected chi connectivity index (χ4v) is 2.29. The number of hydrogen-bond donors (Lipinski definition) is 0. The Morgan fingerprint density at radius 1 is 1.16 bits per heavy atom. The summed E-state index contributed by atoms with van der Waals surface area (Å²) in [7, 11) is 0. The van der Waals surface area contributed by atoms with Crippen molar-refractivity contribution in [3.05, 3.63) is 0 Å². The Morgan fingerprint density at radius 3 is 2.63 bits per heavy atom. The normalized spacial score (nSPS) is 17.6. The quantitative estimate of drug-likeness (QED) is 0.696. The number of ether oxygens (including phenoxy) is 1. The molecule has 0 aliphatic carbocycles. The summed E-state index contributed by atoms with van der Waals surface area (Å²) in [6, 6.07) is 0. The third-order valence-corrected chi connectivity index (χ3v) is 3.46. The molecule has 4 heteroatoms. The van der Waals surface area contributed by atoms with Gasteiger partial charge in [0.25, 0.3) is 0 Å². The number of hydrogen-bond acceptors (Lipinski definition) is 3. The largest absolute Gasteiger partial charge is 0.449 e. The van der Waals surface area contributed by atoms with Crippen LogP contribution in [0.25, 0.3) is 0 Å². The van der Waals surface area contributed by atoms with Crippen LogP contribution in [0.2, 0.25) is 0 Å². The number of nitrogens with zero attached hydrogens (tertiary/aromatic N) is 2. The molecule has 1 saturated heterocycles. The van der Waals surface area contributed by atoms with E-state index in [-0.39, 0.29) is 6.09 Å². The maximum Gasteiger partial charge on any atom is 0.409 e. The fourth-order valence-electron chi connectivity index (χ4n) is 2.29. The minimum Gasteiger partial charge on any atom is -0.449 e. The van der Waals surface area contributed by atoms with Gasteiger partial charge in [-0.3, -0.25) is 0 Å². The van der Waals surface area contributed by atoms with Crippen molar-refractivity contribution in [3.8, 4) is 0 Å². The van der Waals surface area contributed by atoms with Crippen LogP contribution in [0.15, 0.2) is 0 Å². The van der Waals surface area contributed by atoms with Crippen LogP contribution < -0.4 is 0 Å². The van der Waals surface area contributed by atoms with E-state index in [9.17, 15) is 4.79 Å². The van der Waals surface area contributed by atoms with E-state index in [1.807, 2.05) is 4.90 Å². The smallest absolute Gasteiger partial charge is 0.409 e. The highest BCUT2D eigenvalue weighted by Crippen LogP contribution is 2.07. The predicted octanol–water partition coefficient (Wildman–Crippen LogP) is 2.98. The van der Waals surface area contributed by atoms with Crippen LogP contribution in [0.3, 0.4) is 0 Å². The second kappa shape index (κ2) is 9.18. The lowest BCUT2D eigenvalue weighted by atomic mass is 10.2. The third-order valence-electron chi connectivity index (χ3n) is 3.46. The van der Waals surface area contributed by atoms with E-state index in [1.54, 1.807) is 0 Å². The molecule has 4 nitrogen and oxygen atoms in total. The maximum absolute atomic E-state index is 11.9. The zero-order valence-corrected chi connectivity index (χ0v) is 12.9. The molecule has 0 aromatic rings. The number of carbonyl (C=O) groups is 1. The van der Waals surface area contributed by atoms with Crippen LogP contribution in [-0.2, 0) is 4.74 Å². The van der Waals surface area contributed by atoms with Crippen molar-refractivity contribution in [3.63, 3.8) is 0 Å². The van der Waals surface area contributed by atoms with E-state index in [0.717, 1.165) is 32.6 Å². The average molecular weight is 270 g/mol. The van der Waals surface area contributed by atoms with Gasteiger partial charge in [0.2, 0.25) is 0 Å². The van der Waals surface area contributed by atoms with E-state index in [1.165, 1.54) is 25.8 Å². The van der Waals surface area contributed by atoms with Crippen LogP contribution >= 0.6 is 0 Å². The minimum atomic E-state index is -0.135. The molecule has 1 aliphatic heterocycles. The molecular weight excluding hydrogens is 240 g/mol. The average Bonchev–Trinajstić information content (AvgIpc) is 2.62. The summed E-state index contributed by atoms with van der Waals surface area (Å²) in [5.74, 6) is 0.404. The van der Waals surface area contributed by atoms with Crippen LogP contribution in [-0.4, -0.2) is 55.2 Å². The Kier molecular flexibility index (Phi) is 7.87. The molecule has 0 saturated carbocycles. The molecule has 1 rings (SSSR count). The highest BCUT2D eigenvalue weighted by molar-refractivity contribution is 5.67. The molecule has 1 amide bonds. The lowest BCUT2D eigenvalue weighted by Gasteiger charge is -2.22. The van der Waals surface area contributed by atoms with Crippen LogP contribution in [0.5, 0.6) is 0 Å². The van der Waals surface area contributed by atoms with Crippen molar-refractivity contribution in [1.82, 2.24) is 9.80 Å². The van der Waals surface area contributed by atoms with Gasteiger partial charge in [-0.25, -0.2) is 4.79 Å². The van der Waals surface area contributed by atoms with Gasteiger partial charge in [-0.05, 0) is 31.8 Å². The van der Waals surface area contributed by atoms with Crippen LogP contribution in [0.1, 0.15) is 46.5 Å². The van der Waals surface area contributed by atoms with Gasteiger partial charge in [-0.2, -0.15) is 0 Å². The highest BCUT2D eigenvalue weighted by atomic mass is 16.6. The van der Waals surface area contributed by atoms with Crippen molar-refractivity contribution < 1.29 is 9.53 Å². The maximum atomic E-state index is 11.9. The second-order valence-electron chi connectivity index (χ2n) is 5.86. The Hall–Kier alpha value is -0.770. The Balaban J connectivity index is 2.26. The van der Waals surface area contributed by atoms with E-state index >= 15 is 0 Å². The summed E-state index contributed by atoms with van der Waals surface area (Å²) in [6.07, 6.45) is 4.76. The molecule has 1 heterocycles. The first-order valence-electron chi connectivity index (χ1n) is 7.77. The second-order valence-corrected chi connectivity index (χ2v) is 5.86. The molecule has 0 N–H and O–H groups in total. The molecule has 0 unspecified atom stereocenters. The standard InChI is InChI=1S/C15H30N2O2/c1-4-5-6-8-16-9-7-10-17(12-11-16)15(18)19-13-14(2)3/h14H,4-13H2,1-3H3. The number of carbonyl (C=O) groups excluding carboxylic acids is 1. The van der Waals surface area contributed by atoms with Gasteiger partial charge < -0.3 is 14.5 Å². The molecule has 0 aromatic heterocycles. The zero-order chi connectivity index (χ0) is 14.1. The third kappa shape index (κ3) is 6.81. The molecule has 1 aliphatic rings. The van der Waals surface area contributed by atoms with Gasteiger partial charge >= 0.3 is 6.09 Å². The minimum absolute atomic E-state index is 0.135. The first-order valence-corrected chi connectivity index (χ1v) is 7.77. The van der Waals surface area contributed by atoms with Gasteiger partial charge in [-0.15, -0.1) is 0 Å². The summed E-state index contributed by atoms with van der Waals surface area (Å²) in [5, 5.41) is 0. The van der Waals surface area contributed by atoms with Gasteiger partial charge in [0, 0.05) is 19.6 Å². The number of unbranched alkanes of at least 4 members (excludes halogenated alkanes) is 2. The molecule has 0 spiro atoms. The van der Waals surface area contributed by atoms with Gasteiger partial charge in [0.15, 0.2) is 0 Å². The molecule has 112 valence electrons. The highest BCUT2D eigenvalue weighted by Gasteiger charge is 2.19. The Bertz CT molecular complexity index is 257. The predicted molar refractivity (Wildman–Crippen MR) is 78.3 cm³/mol. The zero-order valence-electron chi connectivity index (χ0n) is 12.9. The monoisotopic (exact) mass is 270 g/mol. The van der Waals surface area contributed by atoms with E-state index < -0.39 is 0 Å². The van der Waals surface area contributed by atoms with Crippen molar-refractivity contribution >= 4 is 6.09 Å². The number of rotatable bonds is 6. The van der Waals surface area contributed by atoms with Crippen LogP contribution in [0.4, 0.5) is 4.79 Å². The Morgan fingerprint density at radius 2 is 1.95 bits per heavy atom. The topological polar surface area (TPSA) is 32.8 Å². The van der Waals surface area contributed by atoms with Crippen molar-refractivity contribution in [1.29, 1.82) is 0 Å². The SMILES string of the molecule is CCCCCN1CCCN(C(=O)OCC(C)C)CC1. The lowest BCUT2D eigenvalue weighted by Crippen LogP contribution is -2.36. The van der Waals surface area contributed by atoms with Gasteiger partial charge in [-0.1, -0.05) is 33.6 Å². The summed E-state index contributed by atoms with van der Waals surface area (Å²) >= 11 is 0. The lowest BCUT2D eigenvalue weighted by molar-refractivity contribution is 0.0931. The number of amides is 1. The van der Waals surface area contributed by atoms with Crippen molar-refractivity contribution in [2.24, 2.45) is 5.92 Å². The van der Waals surface area contributed by atoms with Crippen LogP contribution in [0, 0.1) is 5.92 Å². The first kappa shape index (κ1) is 16.3. The molecule has 19 heavy (non-hydrogen) atoms. The summed E-state index contributed by atoms with van der Waals surface area (Å²) in [4.78, 5) is 16.2. The first-order chi connectivity index (χ1) is 9.13. The van der Waals surface area contributed by atoms with Gasteiger partial charge in [0.05, 0.1) is 6.61 Å². The summed E-state index contributed by atoms with van der Waals surface area (Å²) in [6.45, 7) is 11.8. The van der Waals surface area contributed by atoms with E-state index in [0.29, 0.717) is 12.5 Å². The van der Waals surface area contributed by atoms with E-state index in [2.05, 4.69) is 25.7 Å². The summed E-state index contributed by atoms with van der Waals surface area (Å²) in [5.41, 5.74) is 0. The van der Waals surface area contributed by atoms with Crippen molar-refractivity contribution in [2.45, 2.75) is 46.5 Å². The molecule has 0 radical (unpaired) electrons. The molecular formula is C15H30N2O2. The fraction of sp³-hybridized carbons (Fsp3) is 0.933.